The summed E-state index contributed by atoms with van der Waals surface area (Å²) in [5.41, 5.74) is 0.740. The number of hydrogen-bond donors (Lipinski definition) is 1. The van der Waals surface area contributed by atoms with Gasteiger partial charge in [0.1, 0.15) is 5.82 Å². The molecule has 170 valence electrons. The number of halogens is 2. The molecule has 30 heavy (non-hydrogen) atoms. The van der Waals surface area contributed by atoms with Gasteiger partial charge < -0.3 is 19.7 Å². The predicted octanol–water partition coefficient (Wildman–Crippen LogP) is 4.35. The van der Waals surface area contributed by atoms with E-state index in [1.807, 2.05) is 6.07 Å². The number of benzene rings is 1. The van der Waals surface area contributed by atoms with E-state index >= 15 is 0 Å². The molecule has 2 aliphatic heterocycles. The number of nitrogens with one attached hydrogen (secondary N) is 1. The van der Waals surface area contributed by atoms with E-state index in [1.54, 1.807) is 12.1 Å². The summed E-state index contributed by atoms with van der Waals surface area (Å²) in [6.07, 6.45) is 4.88. The molecule has 0 bridgehead atoms. The van der Waals surface area contributed by atoms with Crippen molar-refractivity contribution in [2.45, 2.75) is 64.1 Å². The lowest BCUT2D eigenvalue weighted by Crippen LogP contribution is -2.47. The van der Waals surface area contributed by atoms with Crippen LogP contribution < -0.4 is 5.32 Å². The van der Waals surface area contributed by atoms with E-state index in [1.165, 1.54) is 6.07 Å². The Bertz CT molecular complexity index is 672. The van der Waals surface area contributed by atoms with Gasteiger partial charge in [-0.05, 0) is 50.3 Å². The maximum atomic E-state index is 13.6. The molecule has 0 aromatic heterocycles. The fraction of sp³-hybridized carbons (Fsp3) is 0.696. The van der Waals surface area contributed by atoms with Crippen LogP contribution >= 0.6 is 24.0 Å². The highest BCUT2D eigenvalue weighted by molar-refractivity contribution is 14.0. The third-order valence-corrected chi connectivity index (χ3v) is 5.85. The number of aliphatic imine (C=N–C) groups is 1. The summed E-state index contributed by atoms with van der Waals surface area (Å²) in [4.78, 5) is 7.21. The van der Waals surface area contributed by atoms with Gasteiger partial charge in [-0.25, -0.2) is 4.39 Å². The van der Waals surface area contributed by atoms with Crippen molar-refractivity contribution in [3.63, 3.8) is 0 Å². The average Bonchev–Trinajstić information content (AvgIpc) is 3.24. The van der Waals surface area contributed by atoms with Crippen molar-refractivity contribution in [3.05, 3.63) is 35.6 Å². The van der Waals surface area contributed by atoms with Crippen LogP contribution in [0.5, 0.6) is 0 Å². The van der Waals surface area contributed by atoms with Gasteiger partial charge in [0, 0.05) is 31.7 Å². The molecule has 1 aromatic rings. The van der Waals surface area contributed by atoms with Crippen LogP contribution in [0.2, 0.25) is 0 Å². The third kappa shape index (κ3) is 7.34. The summed E-state index contributed by atoms with van der Waals surface area (Å²) >= 11 is 0. The van der Waals surface area contributed by atoms with Crippen molar-refractivity contribution in [2.75, 3.05) is 39.4 Å². The van der Waals surface area contributed by atoms with Crippen molar-refractivity contribution in [3.8, 4) is 0 Å². The van der Waals surface area contributed by atoms with E-state index in [2.05, 4.69) is 31.0 Å². The molecule has 0 radical (unpaired) electrons. The predicted molar refractivity (Wildman–Crippen MR) is 130 cm³/mol. The van der Waals surface area contributed by atoms with Crippen molar-refractivity contribution in [2.24, 2.45) is 4.99 Å². The van der Waals surface area contributed by atoms with Crippen LogP contribution in [0.4, 0.5) is 4.39 Å². The van der Waals surface area contributed by atoms with Crippen LogP contribution in [0.25, 0.3) is 0 Å². The number of piperidine rings is 1. The van der Waals surface area contributed by atoms with Crippen LogP contribution in [0, 0.1) is 5.82 Å². The fourth-order valence-electron chi connectivity index (χ4n) is 3.95. The largest absolute Gasteiger partial charge is 0.376 e. The summed E-state index contributed by atoms with van der Waals surface area (Å²) in [7, 11) is 0. The molecule has 1 N–H and O–H groups in total. The van der Waals surface area contributed by atoms with E-state index in [0.29, 0.717) is 12.6 Å². The number of nitrogens with zero attached hydrogens (tertiary/aromatic N) is 2. The van der Waals surface area contributed by atoms with Crippen LogP contribution in [0.3, 0.4) is 0 Å². The Labute approximate surface area is 197 Å². The third-order valence-electron chi connectivity index (χ3n) is 5.85. The van der Waals surface area contributed by atoms with Crippen molar-refractivity contribution < 1.29 is 13.9 Å². The Hall–Kier alpha value is -0.930. The van der Waals surface area contributed by atoms with E-state index in [-0.39, 0.29) is 41.3 Å². The number of likely N-dealkylation sites (tertiary alicyclic amines) is 1. The first kappa shape index (κ1) is 25.3. The molecule has 1 aromatic carbocycles. The minimum atomic E-state index is -0.231. The first-order valence-corrected chi connectivity index (χ1v) is 11.0. The number of ether oxygens (including phenoxy) is 2. The lowest BCUT2D eigenvalue weighted by Gasteiger charge is -2.35. The first-order valence-electron chi connectivity index (χ1n) is 11.0. The van der Waals surface area contributed by atoms with Crippen molar-refractivity contribution in [1.82, 2.24) is 10.2 Å². The molecule has 2 aliphatic rings. The minimum Gasteiger partial charge on any atom is -0.376 e. The molecule has 5 nitrogen and oxygen atoms in total. The molecular formula is C23H37FIN3O2. The molecule has 0 spiro atoms. The Morgan fingerprint density at radius 1 is 1.30 bits per heavy atom. The van der Waals surface area contributed by atoms with E-state index in [4.69, 9.17) is 14.5 Å². The topological polar surface area (TPSA) is 46.1 Å². The molecule has 0 saturated carbocycles. The van der Waals surface area contributed by atoms with E-state index in [0.717, 1.165) is 70.1 Å². The second-order valence-corrected chi connectivity index (χ2v) is 8.72. The molecule has 7 heteroatoms. The average molecular weight is 533 g/mol. The molecule has 0 aliphatic carbocycles. The summed E-state index contributed by atoms with van der Waals surface area (Å²) in [5.74, 6) is 0.742. The van der Waals surface area contributed by atoms with Gasteiger partial charge in [0.2, 0.25) is 0 Å². The minimum absolute atomic E-state index is 0. The monoisotopic (exact) mass is 533 g/mol. The Kier molecular flexibility index (Phi) is 10.3. The molecule has 2 saturated heterocycles. The number of hydrogen-bond acceptors (Lipinski definition) is 3. The maximum Gasteiger partial charge on any atom is 0.193 e. The molecule has 3 rings (SSSR count). The highest BCUT2D eigenvalue weighted by Crippen LogP contribution is 2.24. The smallest absolute Gasteiger partial charge is 0.193 e. The molecule has 2 fully saturated rings. The highest BCUT2D eigenvalue weighted by Gasteiger charge is 2.26. The first-order chi connectivity index (χ1) is 14.0. The van der Waals surface area contributed by atoms with E-state index < -0.39 is 0 Å². The second kappa shape index (κ2) is 12.2. The van der Waals surface area contributed by atoms with Gasteiger partial charge in [-0.15, -0.1) is 24.0 Å². The molecule has 2 heterocycles. The molecule has 0 amide bonds. The fourth-order valence-corrected chi connectivity index (χ4v) is 3.95. The van der Waals surface area contributed by atoms with Gasteiger partial charge in [0.15, 0.2) is 5.96 Å². The standard InChI is InChI=1S/C23H36FN3O2.HI/c1-4-25-22(26-17-23(2,3)18-7-5-8-19(24)15-18)27-12-10-20(11-13-27)29-16-21-9-6-14-28-21;/h5,7-8,15,20-21H,4,6,9-14,16-17H2,1-3H3,(H,25,26);1H. The van der Waals surface area contributed by atoms with Gasteiger partial charge >= 0.3 is 0 Å². The lowest BCUT2D eigenvalue weighted by atomic mass is 9.85. The number of guanidine groups is 1. The van der Waals surface area contributed by atoms with Gasteiger partial charge in [-0.2, -0.15) is 0 Å². The Morgan fingerprint density at radius 3 is 2.70 bits per heavy atom. The number of rotatable bonds is 7. The lowest BCUT2D eigenvalue weighted by molar-refractivity contribution is -0.0367. The molecule has 1 unspecified atom stereocenters. The van der Waals surface area contributed by atoms with Crippen LogP contribution in [0.1, 0.15) is 52.0 Å². The normalized spacial score (nSPS) is 20.9. The molecule has 1 atom stereocenters. The second-order valence-electron chi connectivity index (χ2n) is 8.72. The van der Waals surface area contributed by atoms with Gasteiger partial charge in [-0.3, -0.25) is 4.99 Å². The van der Waals surface area contributed by atoms with Gasteiger partial charge in [-0.1, -0.05) is 26.0 Å². The zero-order chi connectivity index (χ0) is 20.7. The summed E-state index contributed by atoms with van der Waals surface area (Å²) in [5, 5.41) is 3.42. The summed E-state index contributed by atoms with van der Waals surface area (Å²) < 4.78 is 25.4. The van der Waals surface area contributed by atoms with Crippen LogP contribution in [-0.2, 0) is 14.9 Å². The van der Waals surface area contributed by atoms with Gasteiger partial charge in [0.25, 0.3) is 0 Å². The molecular weight excluding hydrogens is 496 g/mol. The Morgan fingerprint density at radius 2 is 2.07 bits per heavy atom. The quantitative estimate of drug-likeness (QED) is 0.322. The van der Waals surface area contributed by atoms with Crippen molar-refractivity contribution in [1.29, 1.82) is 0 Å². The zero-order valence-corrected chi connectivity index (χ0v) is 20.9. The van der Waals surface area contributed by atoms with E-state index in [9.17, 15) is 4.39 Å². The van der Waals surface area contributed by atoms with Crippen molar-refractivity contribution >= 4 is 29.9 Å². The highest BCUT2D eigenvalue weighted by atomic mass is 127. The SMILES string of the molecule is CCNC(=NCC(C)(C)c1cccc(F)c1)N1CCC(OCC2CCCO2)CC1.I. The summed E-state index contributed by atoms with van der Waals surface area (Å²) in [6.45, 7) is 11.2. The van der Waals surface area contributed by atoms with Crippen LogP contribution in [0.15, 0.2) is 29.3 Å². The summed E-state index contributed by atoms with van der Waals surface area (Å²) in [6, 6.07) is 6.84. The van der Waals surface area contributed by atoms with Crippen LogP contribution in [-0.4, -0.2) is 62.5 Å². The maximum absolute atomic E-state index is 13.6. The zero-order valence-electron chi connectivity index (χ0n) is 18.5. The van der Waals surface area contributed by atoms with Gasteiger partial charge in [0.05, 0.1) is 25.4 Å². The Balaban J connectivity index is 0.00000320.